The van der Waals surface area contributed by atoms with Crippen molar-refractivity contribution in [2.75, 3.05) is 0 Å². The summed E-state index contributed by atoms with van der Waals surface area (Å²) in [6.45, 7) is 4.08. The molecule has 0 aromatic heterocycles. The van der Waals surface area contributed by atoms with Gasteiger partial charge in [0.25, 0.3) is 0 Å². The van der Waals surface area contributed by atoms with Crippen molar-refractivity contribution in [1.29, 1.82) is 0 Å². The van der Waals surface area contributed by atoms with Crippen LogP contribution in [0.1, 0.15) is 45.2 Å². The maximum atomic E-state index is 14.1. The molecular formula is C33H30O3. The van der Waals surface area contributed by atoms with Gasteiger partial charge >= 0.3 is 0 Å². The molecule has 0 aliphatic rings. The van der Waals surface area contributed by atoms with Gasteiger partial charge in [-0.25, -0.2) is 0 Å². The Morgan fingerprint density at radius 3 is 1.22 bits per heavy atom. The minimum atomic E-state index is -0.534. The highest BCUT2D eigenvalue weighted by Crippen LogP contribution is 2.32. The Morgan fingerprint density at radius 1 is 0.556 bits per heavy atom. The number of rotatable bonds is 8. The van der Waals surface area contributed by atoms with Crippen LogP contribution < -0.4 is 0 Å². The Morgan fingerprint density at radius 2 is 0.889 bits per heavy atom. The molecule has 2 atom stereocenters. The van der Waals surface area contributed by atoms with E-state index in [0.29, 0.717) is 0 Å². The van der Waals surface area contributed by atoms with E-state index in [9.17, 15) is 15.0 Å². The summed E-state index contributed by atoms with van der Waals surface area (Å²) in [5.74, 6) is -0.761. The maximum absolute atomic E-state index is 14.1. The second-order valence-electron chi connectivity index (χ2n) is 9.08. The number of benzene rings is 4. The van der Waals surface area contributed by atoms with Crippen LogP contribution >= 0.6 is 0 Å². The van der Waals surface area contributed by atoms with E-state index in [-0.39, 0.29) is 17.3 Å². The Kier molecular flexibility index (Phi) is 7.82. The zero-order valence-corrected chi connectivity index (χ0v) is 20.5. The highest BCUT2D eigenvalue weighted by atomic mass is 16.3. The molecule has 0 saturated heterocycles. The Bertz CT molecular complexity index is 1240. The monoisotopic (exact) mass is 474 g/mol. The van der Waals surface area contributed by atoms with E-state index in [2.05, 4.69) is 0 Å². The third kappa shape index (κ3) is 6.39. The summed E-state index contributed by atoms with van der Waals surface area (Å²) in [5.41, 5.74) is 5.96. The van der Waals surface area contributed by atoms with Crippen LogP contribution in [0, 0.1) is 13.8 Å². The molecule has 0 heterocycles. The third-order valence-electron chi connectivity index (χ3n) is 6.23. The van der Waals surface area contributed by atoms with Crippen LogP contribution in [0.3, 0.4) is 0 Å². The van der Waals surface area contributed by atoms with E-state index >= 15 is 0 Å². The van der Waals surface area contributed by atoms with Gasteiger partial charge in [0.15, 0.2) is 5.78 Å². The van der Waals surface area contributed by atoms with Crippen LogP contribution in [0.25, 0.3) is 12.2 Å². The van der Waals surface area contributed by atoms with Crippen molar-refractivity contribution in [3.05, 3.63) is 143 Å². The summed E-state index contributed by atoms with van der Waals surface area (Å²) in [5, 5.41) is 19.6. The first-order chi connectivity index (χ1) is 17.4. The molecule has 0 saturated carbocycles. The van der Waals surface area contributed by atoms with E-state index in [0.717, 1.165) is 22.3 Å². The van der Waals surface area contributed by atoms with Crippen molar-refractivity contribution in [1.82, 2.24) is 0 Å². The van der Waals surface area contributed by atoms with Crippen LogP contribution in [0.15, 0.2) is 109 Å². The molecule has 0 amide bonds. The summed E-state index contributed by atoms with van der Waals surface area (Å²) in [6.07, 6.45) is 7.78. The predicted octanol–water partition coefficient (Wildman–Crippen LogP) is 7.58. The lowest BCUT2D eigenvalue weighted by atomic mass is 9.82. The normalized spacial score (nSPS) is 13.2. The highest BCUT2D eigenvalue weighted by molar-refractivity contribution is 5.96. The van der Waals surface area contributed by atoms with Crippen molar-refractivity contribution in [3.8, 4) is 11.5 Å². The molecule has 3 nitrogen and oxygen atoms in total. The number of carbonyl (C=O) groups excluding carboxylic acids is 1. The van der Waals surface area contributed by atoms with Gasteiger partial charge in [0.2, 0.25) is 0 Å². The predicted molar refractivity (Wildman–Crippen MR) is 147 cm³/mol. The number of ketones is 1. The van der Waals surface area contributed by atoms with Crippen molar-refractivity contribution in [2.24, 2.45) is 0 Å². The molecule has 0 spiro atoms. The number of hydrogen-bond acceptors (Lipinski definition) is 3. The van der Waals surface area contributed by atoms with Gasteiger partial charge in [-0.3, -0.25) is 4.79 Å². The fourth-order valence-electron chi connectivity index (χ4n) is 4.07. The molecule has 180 valence electrons. The van der Waals surface area contributed by atoms with Crippen molar-refractivity contribution < 1.29 is 15.0 Å². The summed E-state index contributed by atoms with van der Waals surface area (Å²) in [4.78, 5) is 14.1. The number of hydrogen-bond donors (Lipinski definition) is 2. The number of aromatic hydroxyl groups is 2. The van der Waals surface area contributed by atoms with Gasteiger partial charge in [-0.1, -0.05) is 108 Å². The molecule has 0 aliphatic carbocycles. The minimum absolute atomic E-state index is 0.00176. The lowest BCUT2D eigenvalue weighted by Gasteiger charge is -2.19. The second kappa shape index (κ2) is 11.4. The lowest BCUT2D eigenvalue weighted by molar-refractivity contribution is -0.120. The van der Waals surface area contributed by atoms with Gasteiger partial charge in [0, 0.05) is 0 Å². The number of allylic oxidation sites excluding steroid dienone is 2. The molecule has 0 bridgehead atoms. The first-order valence-corrected chi connectivity index (χ1v) is 12.0. The number of aryl methyl sites for hydroxylation is 2. The zero-order valence-electron chi connectivity index (χ0n) is 20.5. The third-order valence-corrected chi connectivity index (χ3v) is 6.23. The van der Waals surface area contributed by atoms with E-state index in [1.807, 2.05) is 86.7 Å². The average Bonchev–Trinajstić information content (AvgIpc) is 2.88. The van der Waals surface area contributed by atoms with E-state index in [1.54, 1.807) is 48.5 Å². The van der Waals surface area contributed by atoms with Gasteiger partial charge in [-0.2, -0.15) is 0 Å². The molecule has 36 heavy (non-hydrogen) atoms. The molecule has 4 rings (SSSR count). The number of phenolic OH excluding ortho intramolecular Hbond substituents is 2. The van der Waals surface area contributed by atoms with Crippen molar-refractivity contribution in [2.45, 2.75) is 25.7 Å². The molecule has 0 radical (unpaired) electrons. The molecule has 4 aromatic rings. The molecule has 0 aliphatic heterocycles. The lowest BCUT2D eigenvalue weighted by Crippen LogP contribution is -2.18. The maximum Gasteiger partial charge on any atom is 0.155 e. The summed E-state index contributed by atoms with van der Waals surface area (Å²) < 4.78 is 0. The Labute approximate surface area is 212 Å². The first-order valence-electron chi connectivity index (χ1n) is 12.0. The number of Topliss-reactive ketones (excluding diaryl/α,β-unsaturated/α-hetero) is 1. The first kappa shape index (κ1) is 24.7. The van der Waals surface area contributed by atoms with Gasteiger partial charge in [0.1, 0.15) is 11.5 Å². The molecular weight excluding hydrogens is 444 g/mol. The van der Waals surface area contributed by atoms with Crippen LogP contribution in [0.5, 0.6) is 11.5 Å². The van der Waals surface area contributed by atoms with Crippen LogP contribution in [-0.4, -0.2) is 16.0 Å². The van der Waals surface area contributed by atoms with Crippen molar-refractivity contribution >= 4 is 17.9 Å². The van der Waals surface area contributed by atoms with Gasteiger partial charge in [0.05, 0.1) is 11.8 Å². The molecule has 0 fully saturated rings. The largest absolute Gasteiger partial charge is 0.508 e. The van der Waals surface area contributed by atoms with E-state index < -0.39 is 11.8 Å². The van der Waals surface area contributed by atoms with E-state index in [1.165, 1.54) is 11.1 Å². The molecule has 3 heteroatoms. The topological polar surface area (TPSA) is 57.5 Å². The van der Waals surface area contributed by atoms with E-state index in [4.69, 9.17) is 0 Å². The standard InChI is InChI=1S/C33H30O3/c1-23-3-7-25(8-4-23)11-21-31(27-13-17-29(34)18-14-27)33(36)32(28-15-19-30(35)20-16-28)22-12-26-9-5-24(2)6-10-26/h3-22,31-32,34-35H,1-2H3/b21-11+,22-12+. The fourth-order valence-corrected chi connectivity index (χ4v) is 4.07. The number of phenols is 2. The van der Waals surface area contributed by atoms with Gasteiger partial charge < -0.3 is 10.2 Å². The Hall–Kier alpha value is -4.37. The molecule has 4 aromatic carbocycles. The van der Waals surface area contributed by atoms with Crippen LogP contribution in [-0.2, 0) is 4.79 Å². The second-order valence-corrected chi connectivity index (χ2v) is 9.08. The summed E-state index contributed by atoms with van der Waals surface area (Å²) in [7, 11) is 0. The van der Waals surface area contributed by atoms with Gasteiger partial charge in [-0.15, -0.1) is 0 Å². The SMILES string of the molecule is Cc1ccc(/C=C/C(C(=O)C(/C=C/c2ccc(C)cc2)c2ccc(O)cc2)c2ccc(O)cc2)cc1. The number of carbonyl (C=O) groups is 1. The van der Waals surface area contributed by atoms with Crippen LogP contribution in [0.2, 0.25) is 0 Å². The molecule has 2 unspecified atom stereocenters. The summed E-state index contributed by atoms with van der Waals surface area (Å²) >= 11 is 0. The zero-order chi connectivity index (χ0) is 25.5. The quantitative estimate of drug-likeness (QED) is 0.277. The summed E-state index contributed by atoms with van der Waals surface area (Å²) in [6, 6.07) is 29.8. The smallest absolute Gasteiger partial charge is 0.155 e. The minimum Gasteiger partial charge on any atom is -0.508 e. The van der Waals surface area contributed by atoms with Crippen LogP contribution in [0.4, 0.5) is 0 Å². The highest BCUT2D eigenvalue weighted by Gasteiger charge is 2.26. The Balaban J connectivity index is 1.74. The molecule has 2 N–H and O–H groups in total. The average molecular weight is 475 g/mol. The fraction of sp³-hybridized carbons (Fsp3) is 0.121. The van der Waals surface area contributed by atoms with Gasteiger partial charge in [-0.05, 0) is 60.4 Å². The van der Waals surface area contributed by atoms with Crippen molar-refractivity contribution in [3.63, 3.8) is 0 Å².